The topological polar surface area (TPSA) is 63.3 Å². The molecule has 0 aromatic heterocycles. The molecule has 1 aromatic rings. The molecule has 0 amide bonds. The lowest BCUT2D eigenvalue weighted by atomic mass is 9.58. The highest BCUT2D eigenvalue weighted by Gasteiger charge is 2.51. The number of nitrogens with two attached hydrogens (primary N) is 1. The van der Waals surface area contributed by atoms with Crippen molar-refractivity contribution in [2.75, 3.05) is 6.54 Å². The summed E-state index contributed by atoms with van der Waals surface area (Å²) in [5.74, 6) is -0.398. The molecule has 0 radical (unpaired) electrons. The van der Waals surface area contributed by atoms with Gasteiger partial charge in [-0.05, 0) is 43.0 Å². The molecule has 0 aliphatic heterocycles. The van der Waals surface area contributed by atoms with Gasteiger partial charge < -0.3 is 10.8 Å². The Labute approximate surface area is 103 Å². The van der Waals surface area contributed by atoms with Gasteiger partial charge in [-0.1, -0.05) is 28.1 Å². The third-order valence-electron chi connectivity index (χ3n) is 3.39. The number of benzene rings is 1. The van der Waals surface area contributed by atoms with Crippen LogP contribution in [0.1, 0.15) is 18.4 Å². The summed E-state index contributed by atoms with van der Waals surface area (Å²) in [6.07, 6.45) is 1.30. The fraction of sp³-hybridized carbons (Fsp3) is 0.417. The van der Waals surface area contributed by atoms with E-state index in [1.54, 1.807) is 0 Å². The summed E-state index contributed by atoms with van der Waals surface area (Å²) in [7, 11) is 0. The van der Waals surface area contributed by atoms with Crippen LogP contribution in [-0.4, -0.2) is 17.6 Å². The van der Waals surface area contributed by atoms with Gasteiger partial charge in [0, 0.05) is 4.47 Å². The maximum atomic E-state index is 11.4. The van der Waals surface area contributed by atoms with Gasteiger partial charge in [-0.2, -0.15) is 0 Å². The van der Waals surface area contributed by atoms with Crippen molar-refractivity contribution in [3.05, 3.63) is 34.3 Å². The summed E-state index contributed by atoms with van der Waals surface area (Å²) in [6, 6.07) is 7.55. The van der Waals surface area contributed by atoms with Gasteiger partial charge in [0.05, 0.1) is 5.41 Å². The van der Waals surface area contributed by atoms with Gasteiger partial charge >= 0.3 is 5.97 Å². The predicted octanol–water partition coefficient (Wildman–Crippen LogP) is 2.14. The van der Waals surface area contributed by atoms with E-state index >= 15 is 0 Å². The maximum Gasteiger partial charge on any atom is 0.314 e. The molecular formula is C12H14BrNO2. The van der Waals surface area contributed by atoms with E-state index in [-0.39, 0.29) is 0 Å². The molecule has 16 heavy (non-hydrogen) atoms. The third kappa shape index (κ3) is 1.76. The number of carbonyl (C=O) groups is 1. The SMILES string of the molecule is NCC1CC(C(=O)O)(c2cccc(Br)c2)C1. The van der Waals surface area contributed by atoms with Crippen molar-refractivity contribution in [2.24, 2.45) is 11.7 Å². The van der Waals surface area contributed by atoms with E-state index in [1.807, 2.05) is 24.3 Å². The van der Waals surface area contributed by atoms with Crippen molar-refractivity contribution in [3.8, 4) is 0 Å². The van der Waals surface area contributed by atoms with Crippen molar-refractivity contribution in [1.82, 2.24) is 0 Å². The molecule has 2 rings (SSSR count). The van der Waals surface area contributed by atoms with E-state index in [0.29, 0.717) is 25.3 Å². The molecule has 3 N–H and O–H groups in total. The lowest BCUT2D eigenvalue weighted by molar-refractivity contribution is -0.149. The Morgan fingerprint density at radius 1 is 1.56 bits per heavy atom. The van der Waals surface area contributed by atoms with Crippen LogP contribution >= 0.6 is 15.9 Å². The Morgan fingerprint density at radius 3 is 2.75 bits per heavy atom. The molecule has 3 nitrogen and oxygen atoms in total. The fourth-order valence-electron chi connectivity index (χ4n) is 2.41. The van der Waals surface area contributed by atoms with Crippen LogP contribution < -0.4 is 5.73 Å². The number of halogens is 1. The summed E-state index contributed by atoms with van der Waals surface area (Å²) >= 11 is 3.37. The average molecular weight is 284 g/mol. The van der Waals surface area contributed by atoms with Crippen LogP contribution in [0.5, 0.6) is 0 Å². The highest BCUT2D eigenvalue weighted by atomic mass is 79.9. The van der Waals surface area contributed by atoms with E-state index in [9.17, 15) is 9.90 Å². The minimum Gasteiger partial charge on any atom is -0.481 e. The normalized spacial score (nSPS) is 28.5. The largest absolute Gasteiger partial charge is 0.481 e. The van der Waals surface area contributed by atoms with Crippen LogP contribution in [0.2, 0.25) is 0 Å². The number of aliphatic carboxylic acids is 1. The first-order valence-corrected chi connectivity index (χ1v) is 6.07. The Kier molecular flexibility index (Phi) is 3.04. The zero-order valence-electron chi connectivity index (χ0n) is 8.82. The van der Waals surface area contributed by atoms with Crippen LogP contribution in [0.3, 0.4) is 0 Å². The minimum absolute atomic E-state index is 0.343. The van der Waals surface area contributed by atoms with Gasteiger partial charge in [0.25, 0.3) is 0 Å². The first-order chi connectivity index (χ1) is 7.58. The fourth-order valence-corrected chi connectivity index (χ4v) is 2.81. The van der Waals surface area contributed by atoms with Crippen LogP contribution in [-0.2, 0) is 10.2 Å². The number of rotatable bonds is 3. The van der Waals surface area contributed by atoms with Crippen LogP contribution in [0.4, 0.5) is 0 Å². The number of hydrogen-bond acceptors (Lipinski definition) is 2. The molecule has 1 aliphatic carbocycles. The summed E-state index contributed by atoms with van der Waals surface area (Å²) in [4.78, 5) is 11.4. The van der Waals surface area contributed by atoms with Gasteiger partial charge in [0.15, 0.2) is 0 Å². The predicted molar refractivity (Wildman–Crippen MR) is 65.2 cm³/mol. The third-order valence-corrected chi connectivity index (χ3v) is 3.89. The number of carboxylic acid groups (broad SMARTS) is 1. The van der Waals surface area contributed by atoms with Crippen LogP contribution in [0.15, 0.2) is 28.7 Å². The molecule has 0 unspecified atom stereocenters. The zero-order chi connectivity index (χ0) is 11.8. The highest BCUT2D eigenvalue weighted by Crippen LogP contribution is 2.48. The van der Waals surface area contributed by atoms with Crippen molar-refractivity contribution >= 4 is 21.9 Å². The molecule has 1 fully saturated rings. The quantitative estimate of drug-likeness (QED) is 0.893. The second-order valence-electron chi connectivity index (χ2n) is 4.41. The van der Waals surface area contributed by atoms with E-state index < -0.39 is 11.4 Å². The summed E-state index contributed by atoms with van der Waals surface area (Å²) in [5.41, 5.74) is 5.72. The monoisotopic (exact) mass is 283 g/mol. The van der Waals surface area contributed by atoms with Crippen molar-refractivity contribution in [1.29, 1.82) is 0 Å². The molecule has 86 valence electrons. The molecule has 0 bridgehead atoms. The molecular weight excluding hydrogens is 270 g/mol. The summed E-state index contributed by atoms with van der Waals surface area (Å²) in [6.45, 7) is 0.572. The van der Waals surface area contributed by atoms with Gasteiger partial charge in [-0.15, -0.1) is 0 Å². The van der Waals surface area contributed by atoms with E-state index in [2.05, 4.69) is 15.9 Å². The molecule has 1 saturated carbocycles. The van der Waals surface area contributed by atoms with Crippen molar-refractivity contribution in [2.45, 2.75) is 18.3 Å². The molecule has 1 aromatic carbocycles. The molecule has 4 heteroatoms. The first kappa shape index (κ1) is 11.6. The standard InChI is InChI=1S/C12H14BrNO2/c13-10-3-1-2-9(4-10)12(11(15)16)5-8(6-12)7-14/h1-4,8H,5-7,14H2,(H,15,16). The Bertz CT molecular complexity index is 413. The van der Waals surface area contributed by atoms with E-state index in [1.165, 1.54) is 0 Å². The van der Waals surface area contributed by atoms with Crippen LogP contribution in [0, 0.1) is 5.92 Å². The van der Waals surface area contributed by atoms with E-state index in [0.717, 1.165) is 10.0 Å². The van der Waals surface area contributed by atoms with E-state index in [4.69, 9.17) is 5.73 Å². The van der Waals surface area contributed by atoms with Gasteiger partial charge in [0.2, 0.25) is 0 Å². The summed E-state index contributed by atoms with van der Waals surface area (Å²) < 4.78 is 0.918. The Balaban J connectivity index is 2.32. The van der Waals surface area contributed by atoms with Crippen LogP contribution in [0.25, 0.3) is 0 Å². The highest BCUT2D eigenvalue weighted by molar-refractivity contribution is 9.10. The second-order valence-corrected chi connectivity index (χ2v) is 5.32. The Morgan fingerprint density at radius 2 is 2.25 bits per heavy atom. The first-order valence-electron chi connectivity index (χ1n) is 5.28. The second kappa shape index (κ2) is 4.18. The van der Waals surface area contributed by atoms with Gasteiger partial charge in [-0.25, -0.2) is 0 Å². The summed E-state index contributed by atoms with van der Waals surface area (Å²) in [5, 5.41) is 9.39. The van der Waals surface area contributed by atoms with Crippen molar-refractivity contribution in [3.63, 3.8) is 0 Å². The molecule has 0 spiro atoms. The molecule has 0 atom stereocenters. The molecule has 1 aliphatic rings. The number of carboxylic acids is 1. The Hall–Kier alpha value is -0.870. The van der Waals surface area contributed by atoms with Gasteiger partial charge in [0.1, 0.15) is 0 Å². The molecule has 0 heterocycles. The van der Waals surface area contributed by atoms with Gasteiger partial charge in [-0.3, -0.25) is 4.79 Å². The van der Waals surface area contributed by atoms with Crippen molar-refractivity contribution < 1.29 is 9.90 Å². The maximum absolute atomic E-state index is 11.4. The lowest BCUT2D eigenvalue weighted by Crippen LogP contribution is -2.49. The average Bonchev–Trinajstić information content (AvgIpc) is 2.16. The smallest absolute Gasteiger partial charge is 0.314 e. The minimum atomic E-state index is -0.740. The lowest BCUT2D eigenvalue weighted by Gasteiger charge is -2.44. The molecule has 0 saturated heterocycles. The number of hydrogen-bond donors (Lipinski definition) is 2. The zero-order valence-corrected chi connectivity index (χ0v) is 10.4.